The van der Waals surface area contributed by atoms with Gasteiger partial charge in [0.05, 0.1) is 17.7 Å². The van der Waals surface area contributed by atoms with E-state index in [9.17, 15) is 9.59 Å². The third-order valence-corrected chi connectivity index (χ3v) is 5.71. The lowest BCUT2D eigenvalue weighted by atomic mass is 10.0. The molecule has 32 heavy (non-hydrogen) atoms. The molecule has 7 heteroatoms. The van der Waals surface area contributed by atoms with Crippen molar-refractivity contribution >= 4 is 34.4 Å². The van der Waals surface area contributed by atoms with E-state index in [1.54, 1.807) is 25.1 Å². The lowest BCUT2D eigenvalue weighted by Crippen LogP contribution is -2.35. The fourth-order valence-corrected chi connectivity index (χ4v) is 3.92. The molecule has 0 atom stereocenters. The average Bonchev–Trinajstić information content (AvgIpc) is 2.83. The Balaban J connectivity index is 1.68. The summed E-state index contributed by atoms with van der Waals surface area (Å²) < 4.78 is 11.1. The molecule has 0 saturated carbocycles. The molecule has 1 amide bonds. The number of amides is 1. The Morgan fingerprint density at radius 1 is 1.03 bits per heavy atom. The summed E-state index contributed by atoms with van der Waals surface area (Å²) in [6, 6.07) is 14.3. The highest BCUT2D eigenvalue weighted by atomic mass is 35.5. The SMILES string of the molecule is CCOC(=O)c1cc(C(=O)N2CCCCC2)c2cc(OCc3ccc(Cl)cc3)ccc2n1. The first-order valence-corrected chi connectivity index (χ1v) is 11.2. The summed E-state index contributed by atoms with van der Waals surface area (Å²) in [5.41, 5.74) is 2.11. The number of fused-ring (bicyclic) bond motifs is 1. The van der Waals surface area contributed by atoms with Crippen LogP contribution in [0.15, 0.2) is 48.5 Å². The number of rotatable bonds is 6. The number of hydrogen-bond donors (Lipinski definition) is 0. The van der Waals surface area contributed by atoms with Gasteiger partial charge in [-0.1, -0.05) is 23.7 Å². The highest BCUT2D eigenvalue weighted by Gasteiger charge is 2.23. The van der Waals surface area contributed by atoms with Gasteiger partial charge >= 0.3 is 5.97 Å². The average molecular weight is 453 g/mol. The van der Waals surface area contributed by atoms with E-state index in [1.165, 1.54) is 0 Å². The number of pyridine rings is 1. The van der Waals surface area contributed by atoms with Crippen LogP contribution in [-0.4, -0.2) is 41.5 Å². The molecular weight excluding hydrogens is 428 g/mol. The summed E-state index contributed by atoms with van der Waals surface area (Å²) in [6.45, 7) is 3.77. The van der Waals surface area contributed by atoms with Crippen LogP contribution in [-0.2, 0) is 11.3 Å². The molecule has 166 valence electrons. The number of likely N-dealkylation sites (tertiary alicyclic amines) is 1. The van der Waals surface area contributed by atoms with Crippen molar-refractivity contribution in [2.45, 2.75) is 32.8 Å². The van der Waals surface area contributed by atoms with Crippen molar-refractivity contribution in [3.05, 3.63) is 70.4 Å². The third kappa shape index (κ3) is 5.02. The van der Waals surface area contributed by atoms with Crippen LogP contribution in [0.1, 0.15) is 52.6 Å². The van der Waals surface area contributed by atoms with Gasteiger partial charge in [-0.05, 0) is 68.1 Å². The first-order valence-electron chi connectivity index (χ1n) is 10.8. The molecule has 4 rings (SSSR count). The molecular formula is C25H25ClN2O4. The zero-order valence-corrected chi connectivity index (χ0v) is 18.7. The zero-order chi connectivity index (χ0) is 22.5. The number of benzene rings is 2. The normalized spacial score (nSPS) is 13.8. The molecule has 3 aromatic rings. The highest BCUT2D eigenvalue weighted by molar-refractivity contribution is 6.30. The molecule has 0 radical (unpaired) electrons. The number of nitrogens with zero attached hydrogens (tertiary/aromatic N) is 2. The summed E-state index contributed by atoms with van der Waals surface area (Å²) in [4.78, 5) is 32.0. The van der Waals surface area contributed by atoms with Crippen LogP contribution >= 0.6 is 11.6 Å². The molecule has 1 saturated heterocycles. The summed E-state index contributed by atoms with van der Waals surface area (Å²) in [7, 11) is 0. The van der Waals surface area contributed by atoms with Crippen molar-refractivity contribution in [2.24, 2.45) is 0 Å². The Hall–Kier alpha value is -3.12. The van der Waals surface area contributed by atoms with E-state index in [2.05, 4.69) is 4.98 Å². The van der Waals surface area contributed by atoms with Gasteiger partial charge in [0, 0.05) is 23.5 Å². The van der Waals surface area contributed by atoms with E-state index in [1.807, 2.05) is 35.2 Å². The third-order valence-electron chi connectivity index (χ3n) is 5.46. The molecule has 0 spiro atoms. The summed E-state index contributed by atoms with van der Waals surface area (Å²) in [6.07, 6.45) is 3.08. The van der Waals surface area contributed by atoms with Crippen molar-refractivity contribution in [3.63, 3.8) is 0 Å². The molecule has 1 fully saturated rings. The van der Waals surface area contributed by atoms with Crippen LogP contribution in [0, 0.1) is 0 Å². The number of carbonyl (C=O) groups excluding carboxylic acids is 2. The van der Waals surface area contributed by atoms with Crippen LogP contribution < -0.4 is 4.74 Å². The highest BCUT2D eigenvalue weighted by Crippen LogP contribution is 2.27. The first-order chi connectivity index (χ1) is 15.5. The van der Waals surface area contributed by atoms with Crippen LogP contribution in [0.5, 0.6) is 5.75 Å². The minimum Gasteiger partial charge on any atom is -0.489 e. The zero-order valence-electron chi connectivity index (χ0n) is 18.0. The largest absolute Gasteiger partial charge is 0.489 e. The first kappa shape index (κ1) is 22.1. The number of piperidine rings is 1. The predicted octanol–water partition coefficient (Wildman–Crippen LogP) is 5.27. The van der Waals surface area contributed by atoms with Crippen LogP contribution in [0.2, 0.25) is 5.02 Å². The topological polar surface area (TPSA) is 68.7 Å². The summed E-state index contributed by atoms with van der Waals surface area (Å²) in [5, 5.41) is 1.33. The maximum absolute atomic E-state index is 13.4. The molecule has 2 aromatic carbocycles. The van der Waals surface area contributed by atoms with E-state index in [0.29, 0.717) is 46.9 Å². The fourth-order valence-electron chi connectivity index (χ4n) is 3.80. The maximum Gasteiger partial charge on any atom is 0.356 e. The Bertz CT molecular complexity index is 1120. The monoisotopic (exact) mass is 452 g/mol. The number of halogens is 1. The van der Waals surface area contributed by atoms with Gasteiger partial charge in [0.15, 0.2) is 0 Å². The van der Waals surface area contributed by atoms with E-state index in [0.717, 1.165) is 24.8 Å². The lowest BCUT2D eigenvalue weighted by molar-refractivity contribution is 0.0520. The number of aromatic nitrogens is 1. The second kappa shape index (κ2) is 10.0. The fraction of sp³-hybridized carbons (Fsp3) is 0.320. The number of esters is 1. The van der Waals surface area contributed by atoms with Gasteiger partial charge < -0.3 is 14.4 Å². The van der Waals surface area contributed by atoms with E-state index in [4.69, 9.17) is 21.1 Å². The van der Waals surface area contributed by atoms with Crippen molar-refractivity contribution in [3.8, 4) is 5.75 Å². The minimum absolute atomic E-state index is 0.0995. The number of hydrogen-bond acceptors (Lipinski definition) is 5. The Morgan fingerprint density at radius 3 is 2.50 bits per heavy atom. The molecule has 1 aliphatic heterocycles. The van der Waals surface area contributed by atoms with Gasteiger partial charge in [0.1, 0.15) is 18.1 Å². The second-order valence-electron chi connectivity index (χ2n) is 7.72. The van der Waals surface area contributed by atoms with Crippen LogP contribution in [0.4, 0.5) is 0 Å². The van der Waals surface area contributed by atoms with Crippen molar-refractivity contribution in [2.75, 3.05) is 19.7 Å². The quantitative estimate of drug-likeness (QED) is 0.476. The summed E-state index contributed by atoms with van der Waals surface area (Å²) in [5.74, 6) is -0.0199. The Morgan fingerprint density at radius 2 is 1.78 bits per heavy atom. The number of ether oxygens (including phenoxy) is 2. The predicted molar refractivity (Wildman–Crippen MR) is 123 cm³/mol. The standard InChI is InChI=1S/C25H25ClN2O4/c1-2-31-25(30)23-15-21(24(29)28-12-4-3-5-13-28)20-14-19(10-11-22(20)27-23)32-16-17-6-8-18(26)9-7-17/h6-11,14-15H,2-5,12-13,16H2,1H3. The molecule has 6 nitrogen and oxygen atoms in total. The van der Waals surface area contributed by atoms with Gasteiger partial charge in [-0.3, -0.25) is 4.79 Å². The molecule has 0 unspecified atom stereocenters. The van der Waals surface area contributed by atoms with Crippen LogP contribution in [0.3, 0.4) is 0 Å². The molecule has 2 heterocycles. The van der Waals surface area contributed by atoms with Crippen LogP contribution in [0.25, 0.3) is 10.9 Å². The maximum atomic E-state index is 13.4. The van der Waals surface area contributed by atoms with Gasteiger partial charge in [-0.25, -0.2) is 9.78 Å². The molecule has 0 N–H and O–H groups in total. The van der Waals surface area contributed by atoms with E-state index in [-0.39, 0.29) is 18.2 Å². The molecule has 0 bridgehead atoms. The Kier molecular flexibility index (Phi) is 6.90. The van der Waals surface area contributed by atoms with E-state index < -0.39 is 5.97 Å². The lowest BCUT2D eigenvalue weighted by Gasteiger charge is -2.27. The van der Waals surface area contributed by atoms with E-state index >= 15 is 0 Å². The smallest absolute Gasteiger partial charge is 0.356 e. The minimum atomic E-state index is -0.537. The van der Waals surface area contributed by atoms with Crippen molar-refractivity contribution in [1.82, 2.24) is 9.88 Å². The van der Waals surface area contributed by atoms with Gasteiger partial charge in [-0.2, -0.15) is 0 Å². The molecule has 0 aliphatic carbocycles. The molecule has 1 aromatic heterocycles. The van der Waals surface area contributed by atoms with Gasteiger partial charge in [0.2, 0.25) is 0 Å². The number of carbonyl (C=O) groups is 2. The van der Waals surface area contributed by atoms with Gasteiger partial charge in [-0.15, -0.1) is 0 Å². The molecule has 1 aliphatic rings. The summed E-state index contributed by atoms with van der Waals surface area (Å²) >= 11 is 5.94. The van der Waals surface area contributed by atoms with Gasteiger partial charge in [0.25, 0.3) is 5.91 Å². The second-order valence-corrected chi connectivity index (χ2v) is 8.16. The van der Waals surface area contributed by atoms with Crippen molar-refractivity contribution in [1.29, 1.82) is 0 Å². The Labute approximate surface area is 192 Å². The van der Waals surface area contributed by atoms with Crippen molar-refractivity contribution < 1.29 is 19.1 Å².